The number of esters is 1. The monoisotopic (exact) mass is 225 g/mol. The Bertz CT molecular complexity index is 404. The van der Waals surface area contributed by atoms with Gasteiger partial charge in [0.1, 0.15) is 10.7 Å². The molecule has 2 heterocycles. The highest BCUT2D eigenvalue weighted by molar-refractivity contribution is 6.32. The topological polar surface area (TPSA) is 39.2 Å². The van der Waals surface area contributed by atoms with Gasteiger partial charge >= 0.3 is 5.97 Å². The van der Waals surface area contributed by atoms with Crippen LogP contribution >= 0.6 is 11.6 Å². The number of aromatic nitrogens is 1. The number of rotatable bonds is 2. The highest BCUT2D eigenvalue weighted by Crippen LogP contribution is 2.24. The third-order valence-corrected chi connectivity index (χ3v) is 2.70. The van der Waals surface area contributed by atoms with E-state index in [0.29, 0.717) is 12.2 Å². The zero-order valence-corrected chi connectivity index (χ0v) is 9.30. The number of ether oxygens (including phenoxy) is 1. The van der Waals surface area contributed by atoms with Crippen molar-refractivity contribution in [3.63, 3.8) is 0 Å². The van der Waals surface area contributed by atoms with E-state index in [4.69, 9.17) is 16.3 Å². The number of pyridine rings is 1. The minimum Gasteiger partial charge on any atom is -0.462 e. The molecule has 1 aromatic rings. The molecule has 0 aromatic carbocycles. The van der Waals surface area contributed by atoms with Crippen LogP contribution in [0.4, 0.5) is 0 Å². The lowest BCUT2D eigenvalue weighted by molar-refractivity contribution is 0.0480. The van der Waals surface area contributed by atoms with Crippen LogP contribution in [0.25, 0.3) is 0 Å². The van der Waals surface area contributed by atoms with E-state index in [1.54, 1.807) is 0 Å². The van der Waals surface area contributed by atoms with E-state index in [2.05, 4.69) is 11.9 Å². The largest absolute Gasteiger partial charge is 0.462 e. The van der Waals surface area contributed by atoms with Crippen molar-refractivity contribution in [3.05, 3.63) is 28.0 Å². The van der Waals surface area contributed by atoms with E-state index in [0.717, 1.165) is 30.5 Å². The van der Waals surface area contributed by atoms with Crippen molar-refractivity contribution in [2.24, 2.45) is 0 Å². The van der Waals surface area contributed by atoms with Crippen LogP contribution < -0.4 is 0 Å². The molecule has 1 aromatic heterocycles. The molecule has 15 heavy (non-hydrogen) atoms. The second-order valence-electron chi connectivity index (χ2n) is 3.57. The number of carbonyl (C=O) groups is 1. The first kappa shape index (κ1) is 10.4. The van der Waals surface area contributed by atoms with Crippen LogP contribution in [0, 0.1) is 0 Å². The van der Waals surface area contributed by atoms with E-state index < -0.39 is 0 Å². The first-order chi connectivity index (χ1) is 7.22. The minimum absolute atomic E-state index is 0.278. The molecule has 4 heteroatoms. The lowest BCUT2D eigenvalue weighted by Gasteiger charge is -2.17. The average molecular weight is 226 g/mol. The molecule has 0 saturated heterocycles. The van der Waals surface area contributed by atoms with Gasteiger partial charge in [-0.15, -0.1) is 0 Å². The van der Waals surface area contributed by atoms with Crippen molar-refractivity contribution in [1.29, 1.82) is 0 Å². The second kappa shape index (κ2) is 4.19. The minimum atomic E-state index is -0.350. The van der Waals surface area contributed by atoms with E-state index in [1.165, 1.54) is 0 Å². The number of halogens is 1. The van der Waals surface area contributed by atoms with Gasteiger partial charge in [-0.05, 0) is 18.1 Å². The SMILES string of the molecule is CCCc1cc2c(c(Cl)n1)C(=O)OCC2. The summed E-state index contributed by atoms with van der Waals surface area (Å²) in [6.45, 7) is 2.53. The quantitative estimate of drug-likeness (QED) is 0.573. The highest BCUT2D eigenvalue weighted by Gasteiger charge is 2.23. The summed E-state index contributed by atoms with van der Waals surface area (Å²) in [5.41, 5.74) is 2.37. The molecule has 0 unspecified atom stereocenters. The zero-order valence-electron chi connectivity index (χ0n) is 8.55. The molecule has 0 atom stereocenters. The van der Waals surface area contributed by atoms with Crippen molar-refractivity contribution < 1.29 is 9.53 Å². The highest BCUT2D eigenvalue weighted by atomic mass is 35.5. The first-order valence-electron chi connectivity index (χ1n) is 5.07. The maximum absolute atomic E-state index is 11.4. The van der Waals surface area contributed by atoms with Crippen LogP contribution in [0.3, 0.4) is 0 Å². The van der Waals surface area contributed by atoms with Gasteiger partial charge in [0, 0.05) is 12.1 Å². The number of hydrogen-bond acceptors (Lipinski definition) is 3. The molecular weight excluding hydrogens is 214 g/mol. The fraction of sp³-hybridized carbons (Fsp3) is 0.455. The Labute approximate surface area is 93.4 Å². The van der Waals surface area contributed by atoms with Crippen molar-refractivity contribution in [2.75, 3.05) is 6.61 Å². The molecule has 3 nitrogen and oxygen atoms in total. The van der Waals surface area contributed by atoms with Crippen molar-refractivity contribution in [1.82, 2.24) is 4.98 Å². The average Bonchev–Trinajstić information content (AvgIpc) is 2.17. The Balaban J connectivity index is 2.46. The molecule has 80 valence electrons. The molecular formula is C11H12ClNO2. The maximum atomic E-state index is 11.4. The van der Waals surface area contributed by atoms with Crippen molar-refractivity contribution >= 4 is 17.6 Å². The number of cyclic esters (lactones) is 1. The van der Waals surface area contributed by atoms with Crippen LogP contribution in [0.15, 0.2) is 6.07 Å². The molecule has 2 rings (SSSR count). The lowest BCUT2D eigenvalue weighted by atomic mass is 10.0. The van der Waals surface area contributed by atoms with Crippen LogP contribution in [-0.2, 0) is 17.6 Å². The van der Waals surface area contributed by atoms with E-state index in [9.17, 15) is 4.79 Å². The molecule has 1 aliphatic rings. The number of aryl methyl sites for hydroxylation is 1. The van der Waals surface area contributed by atoms with Gasteiger partial charge < -0.3 is 4.74 Å². The molecule has 0 N–H and O–H groups in total. The third kappa shape index (κ3) is 1.97. The van der Waals surface area contributed by atoms with E-state index in [1.807, 2.05) is 6.07 Å². The summed E-state index contributed by atoms with van der Waals surface area (Å²) < 4.78 is 4.92. The van der Waals surface area contributed by atoms with Gasteiger partial charge in [0.25, 0.3) is 0 Å². The van der Waals surface area contributed by atoms with Crippen LogP contribution in [0.5, 0.6) is 0 Å². The van der Waals surface area contributed by atoms with Crippen LogP contribution in [0.2, 0.25) is 5.15 Å². The number of hydrogen-bond donors (Lipinski definition) is 0. The predicted octanol–water partition coefficient (Wildman–Crippen LogP) is 2.40. The van der Waals surface area contributed by atoms with Crippen molar-refractivity contribution in [2.45, 2.75) is 26.2 Å². The van der Waals surface area contributed by atoms with Gasteiger partial charge in [-0.1, -0.05) is 24.9 Å². The first-order valence-corrected chi connectivity index (χ1v) is 5.45. The van der Waals surface area contributed by atoms with Gasteiger partial charge in [0.05, 0.1) is 6.61 Å². The van der Waals surface area contributed by atoms with Crippen LogP contribution in [-0.4, -0.2) is 17.6 Å². The molecule has 0 aliphatic carbocycles. The number of carbonyl (C=O) groups excluding carboxylic acids is 1. The van der Waals surface area contributed by atoms with Crippen molar-refractivity contribution in [3.8, 4) is 0 Å². The molecule has 0 bridgehead atoms. The Morgan fingerprint density at radius 3 is 3.13 bits per heavy atom. The standard InChI is InChI=1S/C11H12ClNO2/c1-2-3-8-6-7-4-5-15-11(14)9(7)10(12)13-8/h6H,2-5H2,1H3. The van der Waals surface area contributed by atoms with Gasteiger partial charge in [-0.25, -0.2) is 9.78 Å². The molecule has 0 amide bonds. The molecule has 0 spiro atoms. The van der Waals surface area contributed by atoms with Gasteiger partial charge in [-0.3, -0.25) is 0 Å². The normalized spacial score (nSPS) is 14.7. The summed E-state index contributed by atoms with van der Waals surface area (Å²) in [6.07, 6.45) is 2.65. The molecule has 0 fully saturated rings. The number of nitrogens with zero attached hydrogens (tertiary/aromatic N) is 1. The summed E-state index contributed by atoms with van der Waals surface area (Å²) >= 11 is 5.97. The van der Waals surface area contributed by atoms with Gasteiger partial charge in [0.15, 0.2) is 0 Å². The summed E-state index contributed by atoms with van der Waals surface area (Å²) in [5, 5.41) is 0.278. The Hall–Kier alpha value is -1.09. The van der Waals surface area contributed by atoms with Gasteiger partial charge in [-0.2, -0.15) is 0 Å². The second-order valence-corrected chi connectivity index (χ2v) is 3.93. The fourth-order valence-corrected chi connectivity index (χ4v) is 2.05. The lowest BCUT2D eigenvalue weighted by Crippen LogP contribution is -2.19. The Morgan fingerprint density at radius 2 is 2.40 bits per heavy atom. The summed E-state index contributed by atoms with van der Waals surface area (Å²) in [5.74, 6) is -0.350. The third-order valence-electron chi connectivity index (χ3n) is 2.42. The van der Waals surface area contributed by atoms with Gasteiger partial charge in [0.2, 0.25) is 0 Å². The fourth-order valence-electron chi connectivity index (χ4n) is 1.74. The smallest absolute Gasteiger partial charge is 0.341 e. The summed E-state index contributed by atoms with van der Waals surface area (Å²) in [4.78, 5) is 15.6. The van der Waals surface area contributed by atoms with E-state index in [-0.39, 0.29) is 11.1 Å². The Kier molecular flexibility index (Phi) is 2.91. The Morgan fingerprint density at radius 1 is 1.60 bits per heavy atom. The predicted molar refractivity (Wildman–Crippen MR) is 57.2 cm³/mol. The molecule has 1 aliphatic heterocycles. The van der Waals surface area contributed by atoms with E-state index >= 15 is 0 Å². The number of fused-ring (bicyclic) bond motifs is 1. The summed E-state index contributed by atoms with van der Waals surface area (Å²) in [7, 11) is 0. The van der Waals surface area contributed by atoms with Crippen LogP contribution in [0.1, 0.15) is 35.0 Å². The maximum Gasteiger partial charge on any atom is 0.341 e. The molecule has 0 radical (unpaired) electrons. The molecule has 0 saturated carbocycles. The summed E-state index contributed by atoms with van der Waals surface area (Å²) in [6, 6.07) is 1.96. The zero-order chi connectivity index (χ0) is 10.8.